The van der Waals surface area contributed by atoms with Crippen LogP contribution in [0.1, 0.15) is 30.6 Å². The highest BCUT2D eigenvalue weighted by molar-refractivity contribution is 6.04. The summed E-state index contributed by atoms with van der Waals surface area (Å²) < 4.78 is 0. The van der Waals surface area contributed by atoms with E-state index in [4.69, 9.17) is 0 Å². The van der Waals surface area contributed by atoms with Crippen molar-refractivity contribution < 1.29 is 14.4 Å². The van der Waals surface area contributed by atoms with Gasteiger partial charge in [0, 0.05) is 11.8 Å². The summed E-state index contributed by atoms with van der Waals surface area (Å²) in [6, 6.07) is 2.78. The molecule has 100 valence electrons. The number of piperazine rings is 1. The third kappa shape index (κ3) is 2.62. The van der Waals surface area contributed by atoms with Gasteiger partial charge in [0.05, 0.1) is 6.54 Å². The molecule has 1 aliphatic heterocycles. The van der Waals surface area contributed by atoms with Gasteiger partial charge in [0.2, 0.25) is 11.8 Å². The third-order valence-corrected chi connectivity index (χ3v) is 3.09. The smallest absolute Gasteiger partial charge is 0.249 e. The van der Waals surface area contributed by atoms with Crippen molar-refractivity contribution in [3.63, 3.8) is 0 Å². The summed E-state index contributed by atoms with van der Waals surface area (Å²) in [5.74, 6) is -0.286. The molecule has 1 aromatic heterocycles. The first-order valence-electron chi connectivity index (χ1n) is 6.10. The predicted molar refractivity (Wildman–Crippen MR) is 68.8 cm³/mol. The zero-order valence-corrected chi connectivity index (χ0v) is 10.8. The highest BCUT2D eigenvalue weighted by atomic mass is 16.2. The molecule has 6 heteroatoms. The molecule has 2 rings (SSSR count). The molecule has 2 heterocycles. The molecule has 6 nitrogen and oxygen atoms in total. The number of anilines is 1. The van der Waals surface area contributed by atoms with E-state index in [1.807, 2.05) is 6.92 Å². The Morgan fingerprint density at radius 2 is 2.26 bits per heavy atom. The van der Waals surface area contributed by atoms with Gasteiger partial charge < -0.3 is 4.90 Å². The van der Waals surface area contributed by atoms with Crippen LogP contribution in [0.5, 0.6) is 0 Å². The number of imide groups is 1. The number of carbonyl (C=O) groups excluding carboxylic acids is 3. The third-order valence-electron chi connectivity index (χ3n) is 3.09. The second-order valence-electron chi connectivity index (χ2n) is 4.42. The molecule has 0 bridgehead atoms. The van der Waals surface area contributed by atoms with E-state index in [-0.39, 0.29) is 24.1 Å². The fourth-order valence-electron chi connectivity index (χ4n) is 2.11. The first-order chi connectivity index (χ1) is 9.02. The number of rotatable bonds is 3. The van der Waals surface area contributed by atoms with Crippen molar-refractivity contribution in [2.45, 2.75) is 26.3 Å². The maximum Gasteiger partial charge on any atom is 0.249 e. The maximum absolute atomic E-state index is 11.8. The van der Waals surface area contributed by atoms with Crippen molar-refractivity contribution in [2.24, 2.45) is 0 Å². The predicted octanol–water partition coefficient (Wildman–Crippen LogP) is 0.526. The molecule has 1 fully saturated rings. The lowest BCUT2D eigenvalue weighted by atomic mass is 10.1. The van der Waals surface area contributed by atoms with Gasteiger partial charge in [-0.15, -0.1) is 0 Å². The summed E-state index contributed by atoms with van der Waals surface area (Å²) in [4.78, 5) is 40.4. The van der Waals surface area contributed by atoms with Crippen LogP contribution in [0.2, 0.25) is 0 Å². The minimum Gasteiger partial charge on any atom is -0.335 e. The molecule has 1 unspecified atom stereocenters. The lowest BCUT2D eigenvalue weighted by Crippen LogP contribution is -2.58. The van der Waals surface area contributed by atoms with Crippen molar-refractivity contribution >= 4 is 23.4 Å². The van der Waals surface area contributed by atoms with Crippen LogP contribution in [-0.2, 0) is 9.59 Å². The van der Waals surface area contributed by atoms with E-state index < -0.39 is 6.04 Å². The van der Waals surface area contributed by atoms with Gasteiger partial charge in [-0.2, -0.15) is 0 Å². The van der Waals surface area contributed by atoms with Crippen LogP contribution < -0.4 is 10.2 Å². The molecule has 0 spiro atoms. The number of carbonyl (C=O) groups is 3. The molecule has 0 aliphatic carbocycles. The van der Waals surface area contributed by atoms with Crippen LogP contribution in [-0.4, -0.2) is 35.2 Å². The van der Waals surface area contributed by atoms with E-state index in [2.05, 4.69) is 10.3 Å². The SMILES string of the molecule is CCC1C(=O)NC(=O)CN1c1cc(C(C)=O)ccn1. The Morgan fingerprint density at radius 1 is 1.53 bits per heavy atom. The van der Waals surface area contributed by atoms with Gasteiger partial charge in [0.15, 0.2) is 5.78 Å². The van der Waals surface area contributed by atoms with Crippen LogP contribution in [0.25, 0.3) is 0 Å². The summed E-state index contributed by atoms with van der Waals surface area (Å²) in [5.41, 5.74) is 0.512. The van der Waals surface area contributed by atoms with Gasteiger partial charge in [-0.1, -0.05) is 6.92 Å². The molecule has 1 aromatic rings. The summed E-state index contributed by atoms with van der Waals surface area (Å²) in [7, 11) is 0. The lowest BCUT2D eigenvalue weighted by Gasteiger charge is -2.34. The molecule has 2 amide bonds. The zero-order chi connectivity index (χ0) is 14.0. The molecular weight excluding hydrogens is 246 g/mol. The van der Waals surface area contributed by atoms with E-state index in [0.29, 0.717) is 17.8 Å². The van der Waals surface area contributed by atoms with Gasteiger partial charge in [-0.25, -0.2) is 4.98 Å². The molecule has 0 aromatic carbocycles. The molecule has 1 N–H and O–H groups in total. The molecule has 1 atom stereocenters. The fourth-order valence-corrected chi connectivity index (χ4v) is 2.11. The minimum atomic E-state index is -0.438. The fraction of sp³-hybridized carbons (Fsp3) is 0.385. The van der Waals surface area contributed by atoms with Crippen LogP contribution in [0.15, 0.2) is 18.3 Å². The van der Waals surface area contributed by atoms with Gasteiger partial charge in [-0.05, 0) is 25.5 Å². The summed E-state index contributed by atoms with van der Waals surface area (Å²) in [5, 5.41) is 2.30. The Hall–Kier alpha value is -2.24. The highest BCUT2D eigenvalue weighted by Crippen LogP contribution is 2.19. The Balaban J connectivity index is 2.37. The highest BCUT2D eigenvalue weighted by Gasteiger charge is 2.33. The molecule has 0 saturated carbocycles. The number of hydrogen-bond donors (Lipinski definition) is 1. The molecule has 1 saturated heterocycles. The standard InChI is InChI=1S/C13H15N3O3/c1-3-10-13(19)15-12(18)7-16(10)11-6-9(8(2)17)4-5-14-11/h4-6,10H,3,7H2,1-2H3,(H,15,18,19). The number of aromatic nitrogens is 1. The first-order valence-corrected chi connectivity index (χ1v) is 6.10. The summed E-state index contributed by atoms with van der Waals surface area (Å²) in [6.07, 6.45) is 2.07. The Kier molecular flexibility index (Phi) is 3.59. The Morgan fingerprint density at radius 3 is 2.89 bits per heavy atom. The second kappa shape index (κ2) is 5.17. The quantitative estimate of drug-likeness (QED) is 0.634. The average molecular weight is 261 g/mol. The van der Waals surface area contributed by atoms with Crippen molar-refractivity contribution in [3.05, 3.63) is 23.9 Å². The number of nitrogens with one attached hydrogen (secondary N) is 1. The van der Waals surface area contributed by atoms with Crippen molar-refractivity contribution in [3.8, 4) is 0 Å². The Bertz CT molecular complexity index is 542. The lowest BCUT2D eigenvalue weighted by molar-refractivity contribution is -0.132. The van der Waals surface area contributed by atoms with Gasteiger partial charge >= 0.3 is 0 Å². The molecule has 1 aliphatic rings. The van der Waals surface area contributed by atoms with Crippen molar-refractivity contribution in [1.29, 1.82) is 0 Å². The zero-order valence-electron chi connectivity index (χ0n) is 10.8. The van der Waals surface area contributed by atoms with Crippen LogP contribution in [0, 0.1) is 0 Å². The van der Waals surface area contributed by atoms with Gasteiger partial charge in [-0.3, -0.25) is 19.7 Å². The monoisotopic (exact) mass is 261 g/mol. The first kappa shape index (κ1) is 13.2. The molecule has 0 radical (unpaired) electrons. The second-order valence-corrected chi connectivity index (χ2v) is 4.42. The molecular formula is C13H15N3O3. The minimum absolute atomic E-state index is 0.0681. The van der Waals surface area contributed by atoms with Crippen molar-refractivity contribution in [1.82, 2.24) is 10.3 Å². The van der Waals surface area contributed by atoms with Crippen molar-refractivity contribution in [2.75, 3.05) is 11.4 Å². The van der Waals surface area contributed by atoms with Crippen LogP contribution >= 0.6 is 0 Å². The number of pyridine rings is 1. The van der Waals surface area contributed by atoms with E-state index in [0.717, 1.165) is 0 Å². The summed E-state index contributed by atoms with van der Waals surface area (Å²) in [6.45, 7) is 3.39. The van der Waals surface area contributed by atoms with Crippen LogP contribution in [0.4, 0.5) is 5.82 Å². The van der Waals surface area contributed by atoms with E-state index >= 15 is 0 Å². The molecule has 19 heavy (non-hydrogen) atoms. The van der Waals surface area contributed by atoms with Crippen LogP contribution in [0.3, 0.4) is 0 Å². The number of ketones is 1. The van der Waals surface area contributed by atoms with Gasteiger partial charge in [0.25, 0.3) is 0 Å². The number of amides is 2. The topological polar surface area (TPSA) is 79.4 Å². The maximum atomic E-state index is 11.8. The Labute approximate surface area is 110 Å². The largest absolute Gasteiger partial charge is 0.335 e. The van der Waals surface area contributed by atoms with Gasteiger partial charge in [0.1, 0.15) is 11.9 Å². The average Bonchev–Trinajstić information content (AvgIpc) is 2.38. The summed E-state index contributed by atoms with van der Waals surface area (Å²) >= 11 is 0. The van der Waals surface area contributed by atoms with E-state index in [9.17, 15) is 14.4 Å². The van der Waals surface area contributed by atoms with E-state index in [1.165, 1.54) is 13.1 Å². The number of nitrogens with zero attached hydrogens (tertiary/aromatic N) is 2. The normalized spacial score (nSPS) is 19.3. The number of Topliss-reactive ketones (excluding diaryl/α,β-unsaturated/α-hetero) is 1. The number of hydrogen-bond acceptors (Lipinski definition) is 5. The van der Waals surface area contributed by atoms with E-state index in [1.54, 1.807) is 17.0 Å².